The van der Waals surface area contributed by atoms with Crippen LogP contribution in [0.2, 0.25) is 5.02 Å². The Morgan fingerprint density at radius 3 is 2.45 bits per heavy atom. The van der Waals surface area contributed by atoms with Crippen LogP contribution in [0.4, 0.5) is 0 Å². The second-order valence-electron chi connectivity index (χ2n) is 5.66. The molecule has 0 atom stereocenters. The first-order valence-electron chi connectivity index (χ1n) is 6.93. The highest BCUT2D eigenvalue weighted by Crippen LogP contribution is 2.38. The number of hydrogen-bond donors (Lipinski definition) is 1. The summed E-state index contributed by atoms with van der Waals surface area (Å²) in [5.41, 5.74) is 0.547. The molecule has 110 valence electrons. The summed E-state index contributed by atoms with van der Waals surface area (Å²) >= 11 is 6.01. The summed E-state index contributed by atoms with van der Waals surface area (Å²) in [6.45, 7) is 0.444. The molecule has 2 fully saturated rings. The molecular formula is C14H18ClNO3S. The first-order chi connectivity index (χ1) is 9.52. The second-order valence-corrected chi connectivity index (χ2v) is 7.96. The Balaban J connectivity index is 1.90. The number of halogens is 1. The van der Waals surface area contributed by atoms with Crippen LogP contribution < -0.4 is 0 Å². The highest BCUT2D eigenvalue weighted by Gasteiger charge is 2.41. The molecule has 2 saturated carbocycles. The molecule has 2 aliphatic carbocycles. The SMILES string of the molecule is O=S(=O)(c1ccc(CO)c(Cl)c1)N(CC1CC1)C1CC1. The van der Waals surface area contributed by atoms with Crippen molar-refractivity contribution in [3.05, 3.63) is 28.8 Å². The molecule has 0 radical (unpaired) electrons. The maximum Gasteiger partial charge on any atom is 0.243 e. The summed E-state index contributed by atoms with van der Waals surface area (Å²) in [7, 11) is -3.47. The van der Waals surface area contributed by atoms with Gasteiger partial charge in [-0.2, -0.15) is 4.31 Å². The van der Waals surface area contributed by atoms with E-state index in [0.29, 0.717) is 23.0 Å². The van der Waals surface area contributed by atoms with Gasteiger partial charge in [-0.3, -0.25) is 0 Å². The lowest BCUT2D eigenvalue weighted by atomic mass is 10.2. The van der Waals surface area contributed by atoms with E-state index < -0.39 is 10.0 Å². The number of sulfonamides is 1. The molecule has 1 aromatic carbocycles. The Bertz CT molecular complexity index is 609. The van der Waals surface area contributed by atoms with Crippen molar-refractivity contribution in [2.75, 3.05) is 6.54 Å². The van der Waals surface area contributed by atoms with Gasteiger partial charge in [-0.1, -0.05) is 17.7 Å². The molecular weight excluding hydrogens is 298 g/mol. The number of aliphatic hydroxyl groups excluding tert-OH is 1. The van der Waals surface area contributed by atoms with E-state index in [1.165, 1.54) is 12.1 Å². The fourth-order valence-electron chi connectivity index (χ4n) is 2.31. The van der Waals surface area contributed by atoms with Crippen molar-refractivity contribution in [3.8, 4) is 0 Å². The summed E-state index contributed by atoms with van der Waals surface area (Å²) in [6, 6.07) is 4.73. The van der Waals surface area contributed by atoms with Crippen molar-refractivity contribution < 1.29 is 13.5 Å². The Morgan fingerprint density at radius 2 is 1.95 bits per heavy atom. The molecule has 20 heavy (non-hydrogen) atoms. The molecule has 1 aromatic rings. The Labute approximate surface area is 124 Å². The summed E-state index contributed by atoms with van der Waals surface area (Å²) < 4.78 is 27.1. The Hall–Kier alpha value is -0.620. The van der Waals surface area contributed by atoms with Gasteiger partial charge in [0.2, 0.25) is 10.0 Å². The van der Waals surface area contributed by atoms with Crippen molar-refractivity contribution in [1.29, 1.82) is 0 Å². The summed E-state index contributed by atoms with van der Waals surface area (Å²) in [4.78, 5) is 0.229. The van der Waals surface area contributed by atoms with Crippen LogP contribution >= 0.6 is 11.6 Å². The predicted octanol–water partition coefficient (Wildman–Crippen LogP) is 2.40. The zero-order chi connectivity index (χ0) is 14.3. The van der Waals surface area contributed by atoms with E-state index in [0.717, 1.165) is 25.7 Å². The van der Waals surface area contributed by atoms with E-state index in [1.54, 1.807) is 10.4 Å². The molecule has 0 saturated heterocycles. The van der Waals surface area contributed by atoms with Gasteiger partial charge < -0.3 is 5.11 Å². The molecule has 4 nitrogen and oxygen atoms in total. The maximum absolute atomic E-state index is 12.7. The zero-order valence-electron chi connectivity index (χ0n) is 11.1. The first-order valence-corrected chi connectivity index (χ1v) is 8.75. The van der Waals surface area contributed by atoms with Crippen LogP contribution in [0.25, 0.3) is 0 Å². The zero-order valence-corrected chi connectivity index (χ0v) is 12.7. The van der Waals surface area contributed by atoms with Crippen LogP contribution in [0.15, 0.2) is 23.1 Å². The molecule has 3 rings (SSSR count). The fourth-order valence-corrected chi connectivity index (χ4v) is 4.41. The number of nitrogens with zero attached hydrogens (tertiary/aromatic N) is 1. The monoisotopic (exact) mass is 315 g/mol. The summed E-state index contributed by atoms with van der Waals surface area (Å²) in [6.07, 6.45) is 4.16. The third-order valence-electron chi connectivity index (χ3n) is 3.89. The van der Waals surface area contributed by atoms with Crippen LogP contribution in [0.3, 0.4) is 0 Å². The molecule has 0 amide bonds. The molecule has 2 aliphatic rings. The molecule has 0 spiro atoms. The van der Waals surface area contributed by atoms with Crippen molar-refractivity contribution >= 4 is 21.6 Å². The van der Waals surface area contributed by atoms with Gasteiger partial charge in [-0.05, 0) is 49.3 Å². The Kier molecular flexibility index (Phi) is 3.79. The fraction of sp³-hybridized carbons (Fsp3) is 0.571. The van der Waals surface area contributed by atoms with Gasteiger partial charge in [-0.25, -0.2) is 8.42 Å². The van der Waals surface area contributed by atoms with Crippen molar-refractivity contribution in [2.45, 2.75) is 43.2 Å². The van der Waals surface area contributed by atoms with Crippen molar-refractivity contribution in [3.63, 3.8) is 0 Å². The molecule has 6 heteroatoms. The van der Waals surface area contributed by atoms with E-state index in [4.69, 9.17) is 16.7 Å². The Morgan fingerprint density at radius 1 is 1.25 bits per heavy atom. The van der Waals surface area contributed by atoms with Gasteiger partial charge in [0.1, 0.15) is 0 Å². The lowest BCUT2D eigenvalue weighted by Gasteiger charge is -2.22. The highest BCUT2D eigenvalue weighted by molar-refractivity contribution is 7.89. The van der Waals surface area contributed by atoms with Crippen LogP contribution in [-0.4, -0.2) is 30.4 Å². The van der Waals surface area contributed by atoms with Crippen molar-refractivity contribution in [1.82, 2.24) is 4.31 Å². The normalized spacial score (nSPS) is 19.6. The third kappa shape index (κ3) is 2.86. The van der Waals surface area contributed by atoms with Gasteiger partial charge in [0.05, 0.1) is 11.5 Å². The van der Waals surface area contributed by atoms with Crippen LogP contribution in [0.1, 0.15) is 31.2 Å². The second kappa shape index (κ2) is 5.30. The topological polar surface area (TPSA) is 57.6 Å². The van der Waals surface area contributed by atoms with E-state index in [2.05, 4.69) is 0 Å². The smallest absolute Gasteiger partial charge is 0.243 e. The van der Waals surface area contributed by atoms with E-state index in [-0.39, 0.29) is 17.5 Å². The number of aliphatic hydroxyl groups is 1. The number of hydrogen-bond acceptors (Lipinski definition) is 3. The van der Waals surface area contributed by atoms with Crippen molar-refractivity contribution in [2.24, 2.45) is 5.92 Å². The quantitative estimate of drug-likeness (QED) is 0.877. The molecule has 0 bridgehead atoms. The van der Waals surface area contributed by atoms with Gasteiger partial charge in [0, 0.05) is 17.6 Å². The van der Waals surface area contributed by atoms with E-state index in [9.17, 15) is 8.42 Å². The minimum atomic E-state index is -3.47. The van der Waals surface area contributed by atoms with Crippen LogP contribution in [0.5, 0.6) is 0 Å². The van der Waals surface area contributed by atoms with E-state index in [1.807, 2.05) is 0 Å². The molecule has 0 aliphatic heterocycles. The van der Waals surface area contributed by atoms with E-state index >= 15 is 0 Å². The van der Waals surface area contributed by atoms with Gasteiger partial charge in [0.15, 0.2) is 0 Å². The average Bonchev–Trinajstić information content (AvgIpc) is 3.27. The molecule has 0 aromatic heterocycles. The number of rotatable bonds is 6. The lowest BCUT2D eigenvalue weighted by Crippen LogP contribution is -2.35. The largest absolute Gasteiger partial charge is 0.392 e. The molecule has 0 unspecified atom stereocenters. The average molecular weight is 316 g/mol. The molecule has 0 heterocycles. The summed E-state index contributed by atoms with van der Waals surface area (Å²) in [5, 5.41) is 9.40. The minimum Gasteiger partial charge on any atom is -0.392 e. The standard InChI is InChI=1S/C14H18ClNO3S/c15-14-7-13(6-3-11(14)9-17)20(18,19)16(12-4-5-12)8-10-1-2-10/h3,6-7,10,12,17H,1-2,4-5,8-9H2. The first kappa shape index (κ1) is 14.3. The highest BCUT2D eigenvalue weighted by atomic mass is 35.5. The third-order valence-corrected chi connectivity index (χ3v) is 6.16. The van der Waals surface area contributed by atoms with Crippen LogP contribution in [0, 0.1) is 5.92 Å². The maximum atomic E-state index is 12.7. The lowest BCUT2D eigenvalue weighted by molar-refractivity contribution is 0.282. The van der Waals surface area contributed by atoms with Gasteiger partial charge in [0.25, 0.3) is 0 Å². The van der Waals surface area contributed by atoms with Crippen LogP contribution in [-0.2, 0) is 16.6 Å². The summed E-state index contributed by atoms with van der Waals surface area (Å²) in [5.74, 6) is 0.526. The van der Waals surface area contributed by atoms with Gasteiger partial charge >= 0.3 is 0 Å². The number of benzene rings is 1. The predicted molar refractivity (Wildman–Crippen MR) is 77.0 cm³/mol. The molecule has 1 N–H and O–H groups in total. The van der Waals surface area contributed by atoms with Gasteiger partial charge in [-0.15, -0.1) is 0 Å². The minimum absolute atomic E-state index is 0.164.